The molecule has 0 fully saturated rings. The van der Waals surface area contributed by atoms with Gasteiger partial charge in [0.1, 0.15) is 11.9 Å². The van der Waals surface area contributed by atoms with Crippen LogP contribution in [0.15, 0.2) is 79.1 Å². The minimum absolute atomic E-state index is 0.192. The summed E-state index contributed by atoms with van der Waals surface area (Å²) in [5.41, 5.74) is 2.36. The Morgan fingerprint density at radius 3 is 2.24 bits per heavy atom. The lowest BCUT2D eigenvalue weighted by Gasteiger charge is -2.30. The minimum atomic E-state index is -0.805. The lowest BCUT2D eigenvalue weighted by atomic mass is 10.0. The van der Waals surface area contributed by atoms with Gasteiger partial charge >= 0.3 is 0 Å². The van der Waals surface area contributed by atoms with Gasteiger partial charge in [-0.2, -0.15) is 0 Å². The fourth-order valence-electron chi connectivity index (χ4n) is 3.07. The lowest BCUT2D eigenvalue weighted by molar-refractivity contribution is -0.140. The van der Waals surface area contributed by atoms with Gasteiger partial charge in [0.05, 0.1) is 0 Å². The number of pyridine rings is 1. The monoisotopic (exact) mass is 391 g/mol. The Bertz CT molecular complexity index is 947. The highest BCUT2D eigenvalue weighted by atomic mass is 19.1. The average molecular weight is 391 g/mol. The lowest BCUT2D eigenvalue weighted by Crippen LogP contribution is -2.42. The summed E-state index contributed by atoms with van der Waals surface area (Å²) in [6, 6.07) is 17.9. The first-order valence-corrected chi connectivity index (χ1v) is 9.28. The second-order valence-electron chi connectivity index (χ2n) is 6.66. The average Bonchev–Trinajstić information content (AvgIpc) is 2.74. The van der Waals surface area contributed by atoms with Crippen LogP contribution in [0, 0.1) is 5.82 Å². The summed E-state index contributed by atoms with van der Waals surface area (Å²) in [4.78, 5) is 31.1. The van der Waals surface area contributed by atoms with E-state index in [1.807, 2.05) is 42.5 Å². The summed E-state index contributed by atoms with van der Waals surface area (Å²) in [6.07, 6.45) is 3.32. The maximum absolute atomic E-state index is 13.2. The van der Waals surface area contributed by atoms with Crippen molar-refractivity contribution in [1.29, 1.82) is 0 Å². The van der Waals surface area contributed by atoms with Crippen LogP contribution in [0.1, 0.15) is 29.7 Å². The predicted molar refractivity (Wildman–Crippen MR) is 108 cm³/mol. The first-order valence-electron chi connectivity index (χ1n) is 9.28. The van der Waals surface area contributed by atoms with Crippen molar-refractivity contribution in [2.45, 2.75) is 26.1 Å². The summed E-state index contributed by atoms with van der Waals surface area (Å²) >= 11 is 0. The summed E-state index contributed by atoms with van der Waals surface area (Å²) in [5, 5.41) is 2.91. The van der Waals surface area contributed by atoms with Crippen molar-refractivity contribution in [3.05, 3.63) is 102 Å². The first-order chi connectivity index (χ1) is 14.0. The largest absolute Gasteiger partial charge is 0.350 e. The number of nitrogens with one attached hydrogen (secondary N) is 1. The zero-order chi connectivity index (χ0) is 20.6. The number of benzene rings is 2. The van der Waals surface area contributed by atoms with Gasteiger partial charge in [-0.3, -0.25) is 14.6 Å². The molecule has 0 saturated heterocycles. The second kappa shape index (κ2) is 9.59. The third-order valence-electron chi connectivity index (χ3n) is 4.56. The molecule has 3 aromatic rings. The Morgan fingerprint density at radius 1 is 0.966 bits per heavy atom. The molecule has 1 atom stereocenters. The van der Waals surface area contributed by atoms with Crippen molar-refractivity contribution in [3.63, 3.8) is 0 Å². The number of rotatable bonds is 7. The van der Waals surface area contributed by atoms with Crippen LogP contribution in [-0.4, -0.2) is 21.7 Å². The molecule has 0 aliphatic heterocycles. The van der Waals surface area contributed by atoms with E-state index < -0.39 is 6.04 Å². The number of carbonyl (C=O) groups excluding carboxylic acids is 2. The molecule has 5 nitrogen and oxygen atoms in total. The Kier molecular flexibility index (Phi) is 6.68. The number of hydrogen-bond acceptors (Lipinski definition) is 3. The van der Waals surface area contributed by atoms with Gasteiger partial charge in [-0.15, -0.1) is 0 Å². The van der Waals surface area contributed by atoms with Gasteiger partial charge in [0.25, 0.3) is 0 Å². The van der Waals surface area contributed by atoms with Crippen LogP contribution in [0.3, 0.4) is 0 Å². The minimum Gasteiger partial charge on any atom is -0.350 e. The molecular weight excluding hydrogens is 369 g/mol. The number of hydrogen-bond donors (Lipinski definition) is 1. The highest BCUT2D eigenvalue weighted by Crippen LogP contribution is 2.24. The molecule has 0 saturated carbocycles. The molecule has 3 rings (SSSR count). The third-order valence-corrected chi connectivity index (χ3v) is 4.56. The smallest absolute Gasteiger partial charge is 0.247 e. The Labute approximate surface area is 169 Å². The van der Waals surface area contributed by atoms with Gasteiger partial charge in [0, 0.05) is 32.4 Å². The SMILES string of the molecule is CC(=O)N(Cc1ccc(F)cc1)[C@H](C(=O)NCc1ccncc1)c1ccccc1. The molecule has 148 valence electrons. The number of halogens is 1. The molecule has 1 N–H and O–H groups in total. The molecule has 0 aliphatic carbocycles. The van der Waals surface area contributed by atoms with E-state index in [0.29, 0.717) is 12.1 Å². The molecule has 0 aliphatic rings. The van der Waals surface area contributed by atoms with Gasteiger partial charge in [-0.05, 0) is 41.0 Å². The molecule has 0 spiro atoms. The van der Waals surface area contributed by atoms with E-state index in [0.717, 1.165) is 11.1 Å². The van der Waals surface area contributed by atoms with E-state index in [1.54, 1.807) is 24.5 Å². The van der Waals surface area contributed by atoms with E-state index in [9.17, 15) is 14.0 Å². The Hall–Kier alpha value is -3.54. The van der Waals surface area contributed by atoms with Crippen LogP contribution in [0.2, 0.25) is 0 Å². The summed E-state index contributed by atoms with van der Waals surface area (Å²) in [6.45, 7) is 1.94. The van der Waals surface area contributed by atoms with Crippen molar-refractivity contribution in [2.75, 3.05) is 0 Å². The van der Waals surface area contributed by atoms with Crippen LogP contribution in [0.4, 0.5) is 4.39 Å². The molecule has 0 radical (unpaired) electrons. The molecule has 2 aromatic carbocycles. The van der Waals surface area contributed by atoms with Crippen molar-refractivity contribution in [3.8, 4) is 0 Å². The van der Waals surface area contributed by atoms with E-state index in [-0.39, 0.29) is 24.2 Å². The van der Waals surface area contributed by atoms with Crippen LogP contribution in [0.5, 0.6) is 0 Å². The standard InChI is InChI=1S/C23H22FN3O2/c1-17(28)27(16-19-7-9-21(24)10-8-19)22(20-5-3-2-4-6-20)23(29)26-15-18-11-13-25-14-12-18/h2-14,22H,15-16H2,1H3,(H,26,29)/t22-/m0/s1. The van der Waals surface area contributed by atoms with Gasteiger partial charge < -0.3 is 10.2 Å². The molecule has 0 bridgehead atoms. The second-order valence-corrected chi connectivity index (χ2v) is 6.66. The number of aromatic nitrogens is 1. The molecule has 6 heteroatoms. The van der Waals surface area contributed by atoms with E-state index >= 15 is 0 Å². The topological polar surface area (TPSA) is 62.3 Å². The molecule has 2 amide bonds. The predicted octanol–water partition coefficient (Wildman–Crippen LogP) is 3.63. The van der Waals surface area contributed by atoms with Gasteiger partial charge in [0.15, 0.2) is 0 Å². The van der Waals surface area contributed by atoms with Crippen LogP contribution >= 0.6 is 0 Å². The van der Waals surface area contributed by atoms with Crippen molar-refractivity contribution in [1.82, 2.24) is 15.2 Å². The van der Waals surface area contributed by atoms with Crippen molar-refractivity contribution < 1.29 is 14.0 Å². The molecule has 1 aromatic heterocycles. The number of carbonyl (C=O) groups is 2. The summed E-state index contributed by atoms with van der Waals surface area (Å²) in [5.74, 6) is -0.884. The number of amides is 2. The highest BCUT2D eigenvalue weighted by Gasteiger charge is 2.29. The first kappa shape index (κ1) is 20.2. The van der Waals surface area contributed by atoms with Gasteiger partial charge in [-0.1, -0.05) is 42.5 Å². The Morgan fingerprint density at radius 2 is 1.62 bits per heavy atom. The normalized spacial score (nSPS) is 11.5. The third kappa shape index (κ3) is 5.48. The van der Waals surface area contributed by atoms with Crippen LogP contribution in [-0.2, 0) is 22.7 Å². The van der Waals surface area contributed by atoms with Crippen LogP contribution in [0.25, 0.3) is 0 Å². The van der Waals surface area contributed by atoms with Crippen molar-refractivity contribution >= 4 is 11.8 Å². The van der Waals surface area contributed by atoms with Gasteiger partial charge in [-0.25, -0.2) is 4.39 Å². The maximum Gasteiger partial charge on any atom is 0.247 e. The van der Waals surface area contributed by atoms with E-state index in [2.05, 4.69) is 10.3 Å². The molecule has 1 heterocycles. The molecular formula is C23H22FN3O2. The fourth-order valence-corrected chi connectivity index (χ4v) is 3.07. The number of nitrogens with zero attached hydrogens (tertiary/aromatic N) is 2. The summed E-state index contributed by atoms with van der Waals surface area (Å²) < 4.78 is 13.2. The zero-order valence-electron chi connectivity index (χ0n) is 16.1. The van der Waals surface area contributed by atoms with Crippen molar-refractivity contribution in [2.24, 2.45) is 0 Å². The summed E-state index contributed by atoms with van der Waals surface area (Å²) in [7, 11) is 0. The maximum atomic E-state index is 13.2. The molecule has 29 heavy (non-hydrogen) atoms. The van der Waals surface area contributed by atoms with Crippen LogP contribution < -0.4 is 5.32 Å². The van der Waals surface area contributed by atoms with E-state index in [1.165, 1.54) is 24.0 Å². The Balaban J connectivity index is 1.86. The van der Waals surface area contributed by atoms with E-state index in [4.69, 9.17) is 0 Å². The van der Waals surface area contributed by atoms with Gasteiger partial charge in [0.2, 0.25) is 11.8 Å². The zero-order valence-corrected chi connectivity index (χ0v) is 16.1. The molecule has 0 unspecified atom stereocenters. The quantitative estimate of drug-likeness (QED) is 0.669. The highest BCUT2D eigenvalue weighted by molar-refractivity contribution is 5.88. The fraction of sp³-hybridized carbons (Fsp3) is 0.174.